The molecule has 178 valence electrons. The van der Waals surface area contributed by atoms with Crippen LogP contribution in [0.4, 0.5) is 5.69 Å². The fraction of sp³-hybridized carbons (Fsp3) is 0.556. The zero-order valence-electron chi connectivity index (χ0n) is 20.4. The molecule has 4 rings (SSSR count). The van der Waals surface area contributed by atoms with E-state index in [1.807, 2.05) is 13.0 Å². The number of carbonyl (C=O) groups excluding carboxylic acids is 1. The molecule has 2 saturated heterocycles. The van der Waals surface area contributed by atoms with Crippen molar-refractivity contribution in [1.29, 1.82) is 0 Å². The number of hydrogen-bond donors (Lipinski definition) is 2. The highest BCUT2D eigenvalue weighted by atomic mass is 16.1. The molecular weight excluding hydrogens is 410 g/mol. The van der Waals surface area contributed by atoms with E-state index in [0.29, 0.717) is 12.3 Å². The normalized spacial score (nSPS) is 21.4. The van der Waals surface area contributed by atoms with Gasteiger partial charge in [-0.25, -0.2) is 0 Å². The maximum atomic E-state index is 11.6. The van der Waals surface area contributed by atoms with Crippen molar-refractivity contribution in [3.8, 4) is 0 Å². The molecule has 1 atom stereocenters. The van der Waals surface area contributed by atoms with Gasteiger partial charge in [0.25, 0.3) is 0 Å². The number of piperidine rings is 2. The molecule has 1 unspecified atom stereocenters. The minimum Gasteiger partial charge on any atom is -0.377 e. The average Bonchev–Trinajstić information content (AvgIpc) is 3.22. The molecule has 0 bridgehead atoms. The lowest BCUT2D eigenvalue weighted by Crippen LogP contribution is -2.39. The van der Waals surface area contributed by atoms with Crippen LogP contribution in [0, 0.1) is 0 Å². The van der Waals surface area contributed by atoms with E-state index in [1.165, 1.54) is 29.8 Å². The summed E-state index contributed by atoms with van der Waals surface area (Å²) in [5, 5.41) is 11.4. The Morgan fingerprint density at radius 2 is 1.91 bits per heavy atom. The summed E-state index contributed by atoms with van der Waals surface area (Å²) in [7, 11) is 0. The highest BCUT2D eigenvalue weighted by Gasteiger charge is 2.24. The van der Waals surface area contributed by atoms with Gasteiger partial charge in [-0.3, -0.25) is 14.4 Å². The number of benzene rings is 1. The number of carbonyl (C=O) groups is 1. The molecular formula is C27H39N5O. The van der Waals surface area contributed by atoms with Gasteiger partial charge in [0.1, 0.15) is 0 Å². The number of allylic oxidation sites excluding steroid dienone is 1. The van der Waals surface area contributed by atoms with Gasteiger partial charge in [0, 0.05) is 36.6 Å². The van der Waals surface area contributed by atoms with Crippen molar-refractivity contribution in [1.82, 2.24) is 20.0 Å². The smallest absolute Gasteiger partial charge is 0.224 e. The Labute approximate surface area is 198 Å². The van der Waals surface area contributed by atoms with Gasteiger partial charge in [-0.05, 0) is 81.8 Å². The van der Waals surface area contributed by atoms with Crippen LogP contribution in [0.3, 0.4) is 0 Å². The highest BCUT2D eigenvalue weighted by Crippen LogP contribution is 2.30. The largest absolute Gasteiger partial charge is 0.377 e. The summed E-state index contributed by atoms with van der Waals surface area (Å²) in [4.78, 5) is 14.2. The van der Waals surface area contributed by atoms with Crippen molar-refractivity contribution in [2.45, 2.75) is 84.3 Å². The topological polar surface area (TPSA) is 62.2 Å². The van der Waals surface area contributed by atoms with E-state index in [1.54, 1.807) is 0 Å². The van der Waals surface area contributed by atoms with Crippen molar-refractivity contribution in [3.05, 3.63) is 59.1 Å². The van der Waals surface area contributed by atoms with Gasteiger partial charge >= 0.3 is 0 Å². The van der Waals surface area contributed by atoms with E-state index in [0.717, 1.165) is 56.8 Å². The molecule has 1 aromatic carbocycles. The number of aryl methyl sites for hydroxylation is 2. The molecule has 2 aromatic rings. The maximum absolute atomic E-state index is 11.6. The van der Waals surface area contributed by atoms with E-state index in [4.69, 9.17) is 5.10 Å². The molecule has 0 spiro atoms. The molecule has 6 nitrogen and oxygen atoms in total. The fourth-order valence-electron chi connectivity index (χ4n) is 5.15. The molecule has 2 fully saturated rings. The van der Waals surface area contributed by atoms with Crippen LogP contribution in [-0.4, -0.2) is 39.7 Å². The first kappa shape index (κ1) is 23.6. The second kappa shape index (κ2) is 11.0. The number of amides is 1. The van der Waals surface area contributed by atoms with Crippen LogP contribution in [0.25, 0.3) is 0 Å². The number of rotatable bonds is 8. The Bertz CT molecular complexity index is 953. The van der Waals surface area contributed by atoms with E-state index in [2.05, 4.69) is 64.4 Å². The van der Waals surface area contributed by atoms with Gasteiger partial charge in [0.05, 0.1) is 11.7 Å². The Hall–Kier alpha value is -2.60. The van der Waals surface area contributed by atoms with Crippen LogP contribution in [0.2, 0.25) is 0 Å². The maximum Gasteiger partial charge on any atom is 0.224 e. The van der Waals surface area contributed by atoms with E-state index < -0.39 is 0 Å². The van der Waals surface area contributed by atoms with Crippen molar-refractivity contribution >= 4 is 11.6 Å². The summed E-state index contributed by atoms with van der Waals surface area (Å²) in [6.45, 7) is 10.6. The number of nitrogens with zero attached hydrogens (tertiary/aromatic N) is 3. The second-order valence-electron chi connectivity index (χ2n) is 9.40. The first-order chi connectivity index (χ1) is 16.1. The van der Waals surface area contributed by atoms with Gasteiger partial charge in [-0.1, -0.05) is 32.1 Å². The third kappa shape index (κ3) is 5.85. The quantitative estimate of drug-likeness (QED) is 0.606. The number of anilines is 1. The average molecular weight is 450 g/mol. The molecule has 1 aromatic heterocycles. The van der Waals surface area contributed by atoms with Crippen molar-refractivity contribution in [2.24, 2.45) is 0 Å². The minimum atomic E-state index is 0.114. The number of likely N-dealkylation sites (tertiary alicyclic amines) is 1. The van der Waals surface area contributed by atoms with Gasteiger partial charge in [-0.15, -0.1) is 0 Å². The molecule has 33 heavy (non-hydrogen) atoms. The SMILES string of the molecule is CC=C1NC(=O)CCC1Nc1ccc(C2CCN(Cc3cc(CC)n(CCC)n3)CC2)cc1. The van der Waals surface area contributed by atoms with Crippen molar-refractivity contribution < 1.29 is 4.79 Å². The van der Waals surface area contributed by atoms with Crippen LogP contribution in [-0.2, 0) is 24.3 Å². The predicted octanol–water partition coefficient (Wildman–Crippen LogP) is 4.83. The van der Waals surface area contributed by atoms with Crippen LogP contribution < -0.4 is 10.6 Å². The molecule has 2 aliphatic heterocycles. The molecule has 0 radical (unpaired) electrons. The zero-order valence-corrected chi connectivity index (χ0v) is 20.4. The summed E-state index contributed by atoms with van der Waals surface area (Å²) in [5.74, 6) is 0.738. The van der Waals surface area contributed by atoms with Crippen molar-refractivity contribution in [2.75, 3.05) is 18.4 Å². The summed E-state index contributed by atoms with van der Waals surface area (Å²) < 4.78 is 2.19. The molecule has 6 heteroatoms. The van der Waals surface area contributed by atoms with Crippen molar-refractivity contribution in [3.63, 3.8) is 0 Å². The summed E-state index contributed by atoms with van der Waals surface area (Å²) >= 11 is 0. The Balaban J connectivity index is 1.29. The lowest BCUT2D eigenvalue weighted by molar-refractivity contribution is -0.121. The van der Waals surface area contributed by atoms with E-state index in [9.17, 15) is 4.79 Å². The lowest BCUT2D eigenvalue weighted by atomic mass is 9.89. The summed E-state index contributed by atoms with van der Waals surface area (Å²) in [6, 6.07) is 11.4. The van der Waals surface area contributed by atoms with E-state index >= 15 is 0 Å². The number of aromatic nitrogens is 2. The number of hydrogen-bond acceptors (Lipinski definition) is 4. The highest BCUT2D eigenvalue weighted by molar-refractivity contribution is 5.79. The standard InChI is InChI=1S/C27H39N5O/c1-4-15-32-24(5-2)18-23(30-32)19-31-16-13-21(14-17-31)20-7-9-22(10-8-20)28-26-11-12-27(33)29-25(26)6-3/h6-10,18,21,26,28H,4-5,11-17,19H2,1-3H3,(H,29,33). The first-order valence-electron chi connectivity index (χ1n) is 12.7. The molecule has 0 saturated carbocycles. The Morgan fingerprint density at radius 1 is 1.15 bits per heavy atom. The van der Waals surface area contributed by atoms with Crippen LogP contribution in [0.15, 0.2) is 42.1 Å². The predicted molar refractivity (Wildman–Crippen MR) is 134 cm³/mol. The number of nitrogens with one attached hydrogen (secondary N) is 2. The fourth-order valence-corrected chi connectivity index (χ4v) is 5.15. The third-order valence-corrected chi connectivity index (χ3v) is 7.04. The van der Waals surface area contributed by atoms with Gasteiger partial charge in [0.15, 0.2) is 0 Å². The minimum absolute atomic E-state index is 0.114. The monoisotopic (exact) mass is 449 g/mol. The Kier molecular flexibility index (Phi) is 7.86. The second-order valence-corrected chi connectivity index (χ2v) is 9.40. The molecule has 2 N–H and O–H groups in total. The molecule has 2 aliphatic rings. The molecule has 0 aliphatic carbocycles. The summed E-state index contributed by atoms with van der Waals surface area (Å²) in [6.07, 6.45) is 7.97. The van der Waals surface area contributed by atoms with Gasteiger partial charge in [-0.2, -0.15) is 5.10 Å². The van der Waals surface area contributed by atoms with E-state index in [-0.39, 0.29) is 11.9 Å². The van der Waals surface area contributed by atoms with Crippen LogP contribution in [0.1, 0.15) is 75.7 Å². The molecule has 1 amide bonds. The Morgan fingerprint density at radius 3 is 2.58 bits per heavy atom. The lowest BCUT2D eigenvalue weighted by Gasteiger charge is -2.32. The van der Waals surface area contributed by atoms with Crippen LogP contribution in [0.5, 0.6) is 0 Å². The third-order valence-electron chi connectivity index (χ3n) is 7.04. The zero-order chi connectivity index (χ0) is 23.2. The van der Waals surface area contributed by atoms with Gasteiger partial charge in [0.2, 0.25) is 5.91 Å². The summed E-state index contributed by atoms with van der Waals surface area (Å²) in [5.41, 5.74) is 6.10. The molecule has 3 heterocycles. The van der Waals surface area contributed by atoms with Crippen LogP contribution >= 0.6 is 0 Å². The van der Waals surface area contributed by atoms with Gasteiger partial charge < -0.3 is 10.6 Å². The first-order valence-corrected chi connectivity index (χ1v) is 12.7.